The highest BCUT2D eigenvalue weighted by molar-refractivity contribution is 5.84. The fraction of sp³-hybridized carbons (Fsp3) is 0.217. The molecule has 0 aromatic heterocycles. The molecule has 0 heterocycles. The number of benzene rings is 3. The summed E-state index contributed by atoms with van der Waals surface area (Å²) in [6.07, 6.45) is 0. The van der Waals surface area contributed by atoms with Gasteiger partial charge in [-0.1, -0.05) is 74.0 Å². The van der Waals surface area contributed by atoms with Gasteiger partial charge in [0, 0.05) is 5.41 Å². The third kappa shape index (κ3) is 2.05. The lowest BCUT2D eigenvalue weighted by Gasteiger charge is -2.22. The second kappa shape index (κ2) is 4.83. The Bertz CT molecular complexity index is 913. The van der Waals surface area contributed by atoms with Crippen molar-refractivity contribution in [3.8, 4) is 22.3 Å². The van der Waals surface area contributed by atoms with E-state index in [9.17, 15) is 0 Å². The molecule has 0 N–H and O–H groups in total. The van der Waals surface area contributed by atoms with E-state index < -0.39 is 0 Å². The molecule has 0 fully saturated rings. The van der Waals surface area contributed by atoms with E-state index in [1.807, 2.05) is 0 Å². The molecule has 0 heteroatoms. The Labute approximate surface area is 138 Å². The van der Waals surface area contributed by atoms with Gasteiger partial charge in [-0.2, -0.15) is 0 Å². The van der Waals surface area contributed by atoms with Gasteiger partial charge in [0.15, 0.2) is 0 Å². The Morgan fingerprint density at radius 3 is 2.04 bits per heavy atom. The van der Waals surface area contributed by atoms with Crippen molar-refractivity contribution >= 4 is 0 Å². The van der Waals surface area contributed by atoms with Crippen LogP contribution in [0.25, 0.3) is 22.3 Å². The van der Waals surface area contributed by atoms with Crippen LogP contribution in [0.15, 0.2) is 60.7 Å². The minimum atomic E-state index is 0.0649. The summed E-state index contributed by atoms with van der Waals surface area (Å²) in [6.45, 7) is 9.06. The van der Waals surface area contributed by atoms with Crippen molar-refractivity contribution in [2.24, 2.45) is 0 Å². The monoisotopic (exact) mass is 298 g/mol. The highest BCUT2D eigenvalue weighted by atomic mass is 14.4. The molecule has 23 heavy (non-hydrogen) atoms. The lowest BCUT2D eigenvalue weighted by molar-refractivity contribution is 0.660. The molecule has 0 amide bonds. The van der Waals surface area contributed by atoms with Gasteiger partial charge < -0.3 is 0 Å². The lowest BCUT2D eigenvalue weighted by Crippen LogP contribution is -2.15. The SMILES string of the molecule is Cc1ccc2c(c1)C(C)(C)c1cc(-c3ccccc3C)ccc1-2. The number of aryl methyl sites for hydroxylation is 2. The molecule has 114 valence electrons. The maximum absolute atomic E-state index is 2.40. The molecule has 0 bridgehead atoms. The van der Waals surface area contributed by atoms with Crippen LogP contribution in [0.2, 0.25) is 0 Å². The van der Waals surface area contributed by atoms with Crippen molar-refractivity contribution in [3.05, 3.63) is 82.9 Å². The summed E-state index contributed by atoms with van der Waals surface area (Å²) in [6, 6.07) is 22.5. The van der Waals surface area contributed by atoms with Crippen LogP contribution >= 0.6 is 0 Å². The average molecular weight is 298 g/mol. The molecule has 0 aliphatic heterocycles. The summed E-state index contributed by atoms with van der Waals surface area (Å²) in [5.41, 5.74) is 11.1. The standard InChI is InChI=1S/C23H22/c1-15-9-11-19-20-12-10-17(18-8-6-5-7-16(18)2)14-22(20)23(3,4)21(19)13-15/h5-14H,1-4H3. The zero-order valence-electron chi connectivity index (χ0n) is 14.3. The summed E-state index contributed by atoms with van der Waals surface area (Å²) >= 11 is 0. The molecule has 0 radical (unpaired) electrons. The smallest absolute Gasteiger partial charge is 0.0159 e. The molecule has 4 rings (SSSR count). The maximum Gasteiger partial charge on any atom is 0.0159 e. The Morgan fingerprint density at radius 2 is 1.30 bits per heavy atom. The number of rotatable bonds is 1. The van der Waals surface area contributed by atoms with Crippen LogP contribution in [0.5, 0.6) is 0 Å². The molecular formula is C23H22. The first-order valence-corrected chi connectivity index (χ1v) is 8.30. The van der Waals surface area contributed by atoms with Gasteiger partial charge in [0.25, 0.3) is 0 Å². The van der Waals surface area contributed by atoms with Gasteiger partial charge in [0.2, 0.25) is 0 Å². The molecule has 0 nitrogen and oxygen atoms in total. The van der Waals surface area contributed by atoms with Gasteiger partial charge in [-0.3, -0.25) is 0 Å². The number of hydrogen-bond acceptors (Lipinski definition) is 0. The zero-order valence-corrected chi connectivity index (χ0v) is 14.3. The van der Waals surface area contributed by atoms with E-state index in [2.05, 4.69) is 88.4 Å². The van der Waals surface area contributed by atoms with Crippen molar-refractivity contribution < 1.29 is 0 Å². The quantitative estimate of drug-likeness (QED) is 0.496. The Hall–Kier alpha value is -2.34. The van der Waals surface area contributed by atoms with Gasteiger partial charge in [0.05, 0.1) is 0 Å². The van der Waals surface area contributed by atoms with Crippen molar-refractivity contribution in [2.45, 2.75) is 33.1 Å². The molecule has 1 aliphatic rings. The van der Waals surface area contributed by atoms with Crippen LogP contribution in [0.3, 0.4) is 0 Å². The largest absolute Gasteiger partial charge is 0.0620 e. The number of fused-ring (bicyclic) bond motifs is 3. The lowest BCUT2D eigenvalue weighted by atomic mass is 9.81. The summed E-state index contributed by atoms with van der Waals surface area (Å²) in [4.78, 5) is 0. The van der Waals surface area contributed by atoms with Crippen LogP contribution in [-0.2, 0) is 5.41 Å². The minimum Gasteiger partial charge on any atom is -0.0620 e. The molecule has 1 aliphatic carbocycles. The first-order chi connectivity index (χ1) is 11.0. The molecule has 0 saturated carbocycles. The van der Waals surface area contributed by atoms with Crippen molar-refractivity contribution in [3.63, 3.8) is 0 Å². The summed E-state index contributed by atoms with van der Waals surface area (Å²) in [5.74, 6) is 0. The predicted octanol–water partition coefficient (Wildman–Crippen LogP) is 6.28. The Kier molecular flexibility index (Phi) is 2.99. The fourth-order valence-electron chi connectivity index (χ4n) is 3.92. The van der Waals surface area contributed by atoms with E-state index in [1.54, 1.807) is 0 Å². The molecule has 0 spiro atoms. The third-order valence-corrected chi connectivity index (χ3v) is 5.29. The fourth-order valence-corrected chi connectivity index (χ4v) is 3.92. The van der Waals surface area contributed by atoms with Gasteiger partial charge in [-0.05, 0) is 58.9 Å². The van der Waals surface area contributed by atoms with E-state index in [1.165, 1.54) is 44.5 Å². The Morgan fingerprint density at radius 1 is 0.652 bits per heavy atom. The Balaban J connectivity index is 1.94. The molecule has 3 aromatic rings. The van der Waals surface area contributed by atoms with Crippen LogP contribution in [0, 0.1) is 13.8 Å². The third-order valence-electron chi connectivity index (χ3n) is 5.29. The molecular weight excluding hydrogens is 276 g/mol. The first kappa shape index (κ1) is 14.3. The summed E-state index contributed by atoms with van der Waals surface area (Å²) in [7, 11) is 0. The van der Waals surface area contributed by atoms with Crippen LogP contribution in [0.4, 0.5) is 0 Å². The summed E-state index contributed by atoms with van der Waals surface area (Å²) in [5, 5.41) is 0. The van der Waals surface area contributed by atoms with Crippen molar-refractivity contribution in [1.82, 2.24) is 0 Å². The molecule has 0 saturated heterocycles. The molecule has 0 atom stereocenters. The normalized spacial score (nSPS) is 14.4. The van der Waals surface area contributed by atoms with Gasteiger partial charge in [0.1, 0.15) is 0 Å². The van der Waals surface area contributed by atoms with Crippen LogP contribution in [0.1, 0.15) is 36.1 Å². The van der Waals surface area contributed by atoms with E-state index in [4.69, 9.17) is 0 Å². The van der Waals surface area contributed by atoms with Crippen LogP contribution < -0.4 is 0 Å². The van der Waals surface area contributed by atoms with Gasteiger partial charge >= 0.3 is 0 Å². The highest BCUT2D eigenvalue weighted by Crippen LogP contribution is 2.49. The first-order valence-electron chi connectivity index (χ1n) is 8.30. The topological polar surface area (TPSA) is 0 Å². The zero-order chi connectivity index (χ0) is 16.2. The van der Waals surface area contributed by atoms with E-state index in [0.717, 1.165) is 0 Å². The highest BCUT2D eigenvalue weighted by Gasteiger charge is 2.35. The van der Waals surface area contributed by atoms with Crippen molar-refractivity contribution in [2.75, 3.05) is 0 Å². The van der Waals surface area contributed by atoms with Gasteiger partial charge in [-0.15, -0.1) is 0 Å². The van der Waals surface area contributed by atoms with Gasteiger partial charge in [-0.25, -0.2) is 0 Å². The predicted molar refractivity (Wildman–Crippen MR) is 98.9 cm³/mol. The second-order valence-corrected chi connectivity index (χ2v) is 7.25. The average Bonchev–Trinajstić information content (AvgIpc) is 2.75. The maximum atomic E-state index is 2.40. The van der Waals surface area contributed by atoms with Crippen LogP contribution in [-0.4, -0.2) is 0 Å². The molecule has 0 unspecified atom stereocenters. The van der Waals surface area contributed by atoms with Crippen molar-refractivity contribution in [1.29, 1.82) is 0 Å². The van der Waals surface area contributed by atoms with E-state index in [0.29, 0.717) is 0 Å². The van der Waals surface area contributed by atoms with E-state index >= 15 is 0 Å². The minimum absolute atomic E-state index is 0.0649. The van der Waals surface area contributed by atoms with E-state index in [-0.39, 0.29) is 5.41 Å². The summed E-state index contributed by atoms with van der Waals surface area (Å²) < 4.78 is 0. The number of hydrogen-bond donors (Lipinski definition) is 0. The molecule has 3 aromatic carbocycles. The second-order valence-electron chi connectivity index (χ2n) is 7.25.